The van der Waals surface area contributed by atoms with Crippen LogP contribution in [0.3, 0.4) is 0 Å². The molecule has 2 atom stereocenters. The second-order valence-corrected chi connectivity index (χ2v) is 6.42. The van der Waals surface area contributed by atoms with Crippen LogP contribution in [0.25, 0.3) is 0 Å². The molecule has 4 nitrogen and oxygen atoms in total. The van der Waals surface area contributed by atoms with Gasteiger partial charge in [0.25, 0.3) is 0 Å². The van der Waals surface area contributed by atoms with Gasteiger partial charge in [-0.25, -0.2) is 0 Å². The van der Waals surface area contributed by atoms with Gasteiger partial charge in [0, 0.05) is 12.0 Å². The van der Waals surface area contributed by atoms with Crippen molar-refractivity contribution in [3.8, 4) is 11.5 Å². The number of thiocarbonyl (C=S) groups is 1. The van der Waals surface area contributed by atoms with Crippen LogP contribution in [0.1, 0.15) is 24.9 Å². The van der Waals surface area contributed by atoms with Crippen LogP contribution in [0.2, 0.25) is 0 Å². The monoisotopic (exact) mass is 326 g/mol. The molecule has 0 saturated carbocycles. The Morgan fingerprint density at radius 2 is 1.96 bits per heavy atom. The molecule has 118 valence electrons. The van der Waals surface area contributed by atoms with Crippen LogP contribution < -0.4 is 19.7 Å². The maximum atomic E-state index is 6.37. The Labute approximate surface area is 141 Å². The third-order valence-corrected chi connectivity index (χ3v) is 4.81. The zero-order chi connectivity index (χ0) is 16.0. The van der Waals surface area contributed by atoms with Gasteiger partial charge in [0.2, 0.25) is 0 Å². The van der Waals surface area contributed by atoms with Gasteiger partial charge in [-0.15, -0.1) is 0 Å². The number of hydrogen-bond donors (Lipinski definition) is 1. The fourth-order valence-electron chi connectivity index (χ4n) is 3.50. The van der Waals surface area contributed by atoms with Crippen LogP contribution in [0, 0.1) is 0 Å². The molecule has 5 heteroatoms. The van der Waals surface area contributed by atoms with Crippen molar-refractivity contribution < 1.29 is 9.47 Å². The number of hydrogen-bond acceptors (Lipinski definition) is 3. The third kappa shape index (κ3) is 2.15. The van der Waals surface area contributed by atoms with Crippen molar-refractivity contribution in [2.24, 2.45) is 0 Å². The molecular formula is C18H18N2O2S. The number of methoxy groups -OCH3 is 1. The van der Waals surface area contributed by atoms with Gasteiger partial charge in [0.15, 0.2) is 10.8 Å². The minimum absolute atomic E-state index is 0.170. The molecule has 2 aliphatic rings. The first-order valence-electron chi connectivity index (χ1n) is 7.64. The van der Waals surface area contributed by atoms with Gasteiger partial charge in [0.05, 0.1) is 18.8 Å². The lowest BCUT2D eigenvalue weighted by Gasteiger charge is -2.52. The number of anilines is 1. The Balaban J connectivity index is 1.83. The quantitative estimate of drug-likeness (QED) is 0.852. The lowest BCUT2D eigenvalue weighted by atomic mass is 9.90. The van der Waals surface area contributed by atoms with Gasteiger partial charge in [-0.2, -0.15) is 0 Å². The number of nitrogens with zero attached hydrogens (tertiary/aromatic N) is 1. The number of fused-ring (bicyclic) bond motifs is 4. The highest BCUT2D eigenvalue weighted by atomic mass is 32.1. The molecular weight excluding hydrogens is 308 g/mol. The molecule has 23 heavy (non-hydrogen) atoms. The average Bonchev–Trinajstić information content (AvgIpc) is 2.54. The fraction of sp³-hybridized carbons (Fsp3) is 0.278. The summed E-state index contributed by atoms with van der Waals surface area (Å²) in [4.78, 5) is 2.02. The minimum atomic E-state index is -0.546. The predicted octanol–water partition coefficient (Wildman–Crippen LogP) is 3.63. The molecule has 2 heterocycles. The number of rotatable bonds is 2. The van der Waals surface area contributed by atoms with E-state index in [0.717, 1.165) is 29.2 Å². The Hall–Kier alpha value is -2.27. The van der Waals surface area contributed by atoms with E-state index in [1.165, 1.54) is 0 Å². The highest BCUT2D eigenvalue weighted by Gasteiger charge is 2.48. The molecule has 2 aromatic carbocycles. The number of nitrogens with one attached hydrogen (secondary N) is 1. The Morgan fingerprint density at radius 1 is 1.22 bits per heavy atom. The summed E-state index contributed by atoms with van der Waals surface area (Å²) in [6.45, 7) is 2.08. The zero-order valence-corrected chi connectivity index (χ0v) is 13.9. The molecule has 0 unspecified atom stereocenters. The topological polar surface area (TPSA) is 33.7 Å². The molecule has 2 aromatic rings. The van der Waals surface area contributed by atoms with Crippen molar-refractivity contribution in [3.05, 3.63) is 54.1 Å². The summed E-state index contributed by atoms with van der Waals surface area (Å²) in [5.41, 5.74) is 1.52. The smallest absolute Gasteiger partial charge is 0.188 e. The normalized spacial score (nSPS) is 25.2. The van der Waals surface area contributed by atoms with Crippen LogP contribution in [0.5, 0.6) is 11.5 Å². The van der Waals surface area contributed by atoms with E-state index in [-0.39, 0.29) is 6.04 Å². The number of benzene rings is 2. The lowest BCUT2D eigenvalue weighted by molar-refractivity contribution is 0.0494. The molecule has 2 bridgehead atoms. The zero-order valence-electron chi connectivity index (χ0n) is 13.1. The molecule has 4 rings (SSSR count). The maximum absolute atomic E-state index is 6.37. The highest BCUT2D eigenvalue weighted by molar-refractivity contribution is 7.80. The summed E-state index contributed by atoms with van der Waals surface area (Å²) >= 11 is 5.65. The van der Waals surface area contributed by atoms with Crippen molar-refractivity contribution in [2.75, 3.05) is 12.0 Å². The Morgan fingerprint density at radius 3 is 2.78 bits per heavy atom. The second-order valence-electron chi connectivity index (χ2n) is 6.03. The summed E-state index contributed by atoms with van der Waals surface area (Å²) in [7, 11) is 1.67. The van der Waals surface area contributed by atoms with Crippen LogP contribution in [-0.2, 0) is 0 Å². The van der Waals surface area contributed by atoms with Crippen LogP contribution in [-0.4, -0.2) is 17.9 Å². The molecule has 0 radical (unpaired) electrons. The van der Waals surface area contributed by atoms with Gasteiger partial charge in [-0.1, -0.05) is 30.3 Å². The van der Waals surface area contributed by atoms with Gasteiger partial charge >= 0.3 is 0 Å². The van der Waals surface area contributed by atoms with E-state index in [1.807, 2.05) is 47.4 Å². The van der Waals surface area contributed by atoms with Gasteiger partial charge in [0.1, 0.15) is 11.5 Å². The van der Waals surface area contributed by atoms with Crippen molar-refractivity contribution >= 4 is 23.0 Å². The van der Waals surface area contributed by atoms with Gasteiger partial charge in [-0.05, 0) is 37.3 Å². The van der Waals surface area contributed by atoms with Crippen molar-refractivity contribution in [1.29, 1.82) is 0 Å². The van der Waals surface area contributed by atoms with E-state index in [0.29, 0.717) is 5.11 Å². The number of para-hydroxylation sites is 3. The fourth-order valence-corrected chi connectivity index (χ4v) is 3.94. The Kier molecular flexibility index (Phi) is 3.20. The first kappa shape index (κ1) is 14.3. The van der Waals surface area contributed by atoms with Crippen LogP contribution in [0.15, 0.2) is 48.5 Å². The predicted molar refractivity (Wildman–Crippen MR) is 94.0 cm³/mol. The van der Waals surface area contributed by atoms with Gasteiger partial charge < -0.3 is 14.8 Å². The second kappa shape index (κ2) is 5.13. The minimum Gasteiger partial charge on any atom is -0.495 e. The molecule has 0 aliphatic carbocycles. The van der Waals surface area contributed by atoms with Crippen molar-refractivity contribution in [3.63, 3.8) is 0 Å². The summed E-state index contributed by atoms with van der Waals surface area (Å²) in [6.07, 6.45) is 0.808. The molecule has 1 N–H and O–H groups in total. The van der Waals surface area contributed by atoms with Gasteiger partial charge in [-0.3, -0.25) is 4.90 Å². The van der Waals surface area contributed by atoms with E-state index in [2.05, 4.69) is 18.3 Å². The van der Waals surface area contributed by atoms with E-state index in [1.54, 1.807) is 7.11 Å². The van der Waals surface area contributed by atoms with Crippen LogP contribution >= 0.6 is 12.2 Å². The lowest BCUT2D eigenvalue weighted by Crippen LogP contribution is -2.65. The molecule has 1 fully saturated rings. The van der Waals surface area contributed by atoms with E-state index < -0.39 is 5.72 Å². The summed E-state index contributed by atoms with van der Waals surface area (Å²) in [5, 5.41) is 4.11. The Bertz CT molecular complexity index is 779. The standard InChI is InChI=1S/C18H18N2O2S/c1-18-11-13(12-7-3-5-9-15(12)22-18)19-17(23)20(18)14-8-4-6-10-16(14)21-2/h3-10,13H,11H2,1-2H3,(H,19,23)/t13-,18+/m1/s1. The molecule has 0 spiro atoms. The highest BCUT2D eigenvalue weighted by Crippen LogP contribution is 2.46. The molecule has 1 saturated heterocycles. The van der Waals surface area contributed by atoms with E-state index in [9.17, 15) is 0 Å². The first-order chi connectivity index (χ1) is 11.1. The largest absolute Gasteiger partial charge is 0.495 e. The average molecular weight is 326 g/mol. The van der Waals surface area contributed by atoms with Crippen molar-refractivity contribution in [2.45, 2.75) is 25.1 Å². The first-order valence-corrected chi connectivity index (χ1v) is 8.05. The summed E-state index contributed by atoms with van der Waals surface area (Å²) in [6, 6.07) is 16.2. The molecule has 2 aliphatic heterocycles. The van der Waals surface area contributed by atoms with Crippen molar-refractivity contribution in [1.82, 2.24) is 5.32 Å². The maximum Gasteiger partial charge on any atom is 0.188 e. The summed E-state index contributed by atoms with van der Waals surface area (Å²) < 4.78 is 11.9. The molecule has 0 aromatic heterocycles. The number of ether oxygens (including phenoxy) is 2. The molecule has 0 amide bonds. The summed E-state index contributed by atoms with van der Waals surface area (Å²) in [5.74, 6) is 1.68. The van der Waals surface area contributed by atoms with E-state index in [4.69, 9.17) is 21.7 Å². The van der Waals surface area contributed by atoms with Crippen LogP contribution in [0.4, 0.5) is 5.69 Å². The van der Waals surface area contributed by atoms with E-state index >= 15 is 0 Å². The SMILES string of the molecule is COc1ccccc1N1C(=S)N[C@@H]2C[C@]1(C)Oc1ccccc12. The third-order valence-electron chi connectivity index (χ3n) is 4.51.